The van der Waals surface area contributed by atoms with Gasteiger partial charge in [-0.3, -0.25) is 10.1 Å². The van der Waals surface area contributed by atoms with Gasteiger partial charge >= 0.3 is 0 Å². The van der Waals surface area contributed by atoms with Crippen LogP contribution in [0.4, 0.5) is 10.1 Å². The molecule has 0 saturated carbocycles. The summed E-state index contributed by atoms with van der Waals surface area (Å²) < 4.78 is 17.8. The Kier molecular flexibility index (Phi) is 3.02. The zero-order chi connectivity index (χ0) is 10.0. The number of ether oxygens (including phenoxy) is 1. The Bertz CT molecular complexity index is 356. The first-order valence-corrected chi connectivity index (χ1v) is 4.32. The molecule has 0 aliphatic rings. The van der Waals surface area contributed by atoms with E-state index in [-0.39, 0.29) is 15.0 Å². The van der Waals surface area contributed by atoms with Gasteiger partial charge in [0, 0.05) is 6.07 Å². The number of halogens is 2. The summed E-state index contributed by atoms with van der Waals surface area (Å²) in [6.45, 7) is 0. The molecule has 0 aromatic heterocycles. The molecule has 0 fully saturated rings. The molecule has 1 rings (SSSR count). The number of rotatable bonds is 2. The van der Waals surface area contributed by atoms with E-state index in [1.165, 1.54) is 19.2 Å². The van der Waals surface area contributed by atoms with Crippen LogP contribution < -0.4 is 4.74 Å². The van der Waals surface area contributed by atoms with Gasteiger partial charge in [0.05, 0.1) is 12.0 Å². The van der Waals surface area contributed by atoms with Crippen molar-refractivity contribution < 1.29 is 14.1 Å². The van der Waals surface area contributed by atoms with Crippen molar-refractivity contribution in [3.63, 3.8) is 0 Å². The fourth-order valence-electron chi connectivity index (χ4n) is 0.820. The molecule has 0 spiro atoms. The van der Waals surface area contributed by atoms with Crippen molar-refractivity contribution >= 4 is 28.3 Å². The van der Waals surface area contributed by atoms with Crippen LogP contribution in [0.1, 0.15) is 0 Å². The Hall–Kier alpha value is -0.920. The highest BCUT2D eigenvalue weighted by atomic mass is 127. The molecular formula is C7H5FINO3. The van der Waals surface area contributed by atoms with Crippen molar-refractivity contribution in [2.24, 2.45) is 0 Å². The predicted octanol–water partition coefficient (Wildman–Crippen LogP) is 2.35. The van der Waals surface area contributed by atoms with E-state index in [1.54, 1.807) is 22.6 Å². The van der Waals surface area contributed by atoms with Crippen LogP contribution in [0.15, 0.2) is 12.1 Å². The first-order valence-electron chi connectivity index (χ1n) is 3.24. The molecule has 0 atom stereocenters. The minimum Gasteiger partial charge on any atom is -0.494 e. The monoisotopic (exact) mass is 297 g/mol. The van der Waals surface area contributed by atoms with Crippen LogP contribution in [0.25, 0.3) is 0 Å². The van der Waals surface area contributed by atoms with Gasteiger partial charge in [-0.2, -0.15) is 0 Å². The van der Waals surface area contributed by atoms with Crippen LogP contribution in [0, 0.1) is 19.5 Å². The number of nitrogens with zero attached hydrogens (tertiary/aromatic N) is 1. The Morgan fingerprint density at radius 1 is 1.62 bits per heavy atom. The highest BCUT2D eigenvalue weighted by Crippen LogP contribution is 2.29. The number of nitro benzene ring substituents is 1. The van der Waals surface area contributed by atoms with E-state index >= 15 is 0 Å². The standard InChI is InChI=1S/C7H5FINO3/c1-13-5-3-2-4(10(11)12)7(9)6(5)8/h2-3H,1H3. The molecule has 70 valence electrons. The van der Waals surface area contributed by atoms with Crippen LogP contribution in [0.2, 0.25) is 0 Å². The number of methoxy groups -OCH3 is 1. The Balaban J connectivity index is 3.31. The van der Waals surface area contributed by atoms with E-state index in [0.717, 1.165) is 0 Å². The minimum absolute atomic E-state index is 0.00926. The Morgan fingerprint density at radius 2 is 2.23 bits per heavy atom. The molecule has 6 heteroatoms. The highest BCUT2D eigenvalue weighted by molar-refractivity contribution is 14.1. The van der Waals surface area contributed by atoms with Crippen molar-refractivity contribution in [2.75, 3.05) is 7.11 Å². The molecule has 1 aromatic carbocycles. The Morgan fingerprint density at radius 3 is 2.69 bits per heavy atom. The van der Waals surface area contributed by atoms with E-state index in [9.17, 15) is 14.5 Å². The van der Waals surface area contributed by atoms with Crippen molar-refractivity contribution in [1.29, 1.82) is 0 Å². The molecule has 0 saturated heterocycles. The molecule has 4 nitrogen and oxygen atoms in total. The number of nitro groups is 1. The third-order valence-electron chi connectivity index (χ3n) is 1.44. The second-order valence-corrected chi connectivity index (χ2v) is 3.25. The smallest absolute Gasteiger partial charge is 0.285 e. The summed E-state index contributed by atoms with van der Waals surface area (Å²) in [4.78, 5) is 9.73. The van der Waals surface area contributed by atoms with Crippen LogP contribution in [0.3, 0.4) is 0 Å². The van der Waals surface area contributed by atoms with Gasteiger partial charge in [-0.05, 0) is 28.7 Å². The topological polar surface area (TPSA) is 52.4 Å². The van der Waals surface area contributed by atoms with Gasteiger partial charge in [0.25, 0.3) is 5.69 Å². The van der Waals surface area contributed by atoms with Gasteiger partial charge in [-0.15, -0.1) is 0 Å². The van der Waals surface area contributed by atoms with Gasteiger partial charge in [-0.1, -0.05) is 0 Å². The summed E-state index contributed by atoms with van der Waals surface area (Å²) in [6.07, 6.45) is 0. The molecular weight excluding hydrogens is 292 g/mol. The molecule has 0 N–H and O–H groups in total. The molecule has 13 heavy (non-hydrogen) atoms. The summed E-state index contributed by atoms with van der Waals surface area (Å²) in [5.74, 6) is -0.688. The first kappa shape index (κ1) is 10.2. The summed E-state index contributed by atoms with van der Waals surface area (Å²) in [7, 11) is 1.31. The maximum atomic E-state index is 13.2. The molecule has 0 aliphatic carbocycles. The fraction of sp³-hybridized carbons (Fsp3) is 0.143. The van der Waals surface area contributed by atoms with Crippen molar-refractivity contribution in [3.05, 3.63) is 31.6 Å². The zero-order valence-electron chi connectivity index (χ0n) is 6.58. The van der Waals surface area contributed by atoms with Gasteiger partial charge in [0.2, 0.25) is 0 Å². The molecule has 0 amide bonds. The molecule has 0 heterocycles. The molecule has 0 aliphatic heterocycles. The fourth-order valence-corrected chi connectivity index (χ4v) is 1.46. The summed E-state index contributed by atoms with van der Waals surface area (Å²) in [6, 6.07) is 2.44. The lowest BCUT2D eigenvalue weighted by Gasteiger charge is -2.02. The minimum atomic E-state index is -0.697. The maximum Gasteiger partial charge on any atom is 0.285 e. The van der Waals surface area contributed by atoms with Crippen molar-refractivity contribution in [1.82, 2.24) is 0 Å². The van der Waals surface area contributed by atoms with Crippen molar-refractivity contribution in [2.45, 2.75) is 0 Å². The highest BCUT2D eigenvalue weighted by Gasteiger charge is 2.18. The second-order valence-electron chi connectivity index (χ2n) is 2.17. The van der Waals surface area contributed by atoms with Crippen LogP contribution >= 0.6 is 22.6 Å². The lowest BCUT2D eigenvalue weighted by Crippen LogP contribution is -1.97. The quantitative estimate of drug-likeness (QED) is 0.478. The average molecular weight is 297 g/mol. The molecule has 1 aromatic rings. The van der Waals surface area contributed by atoms with Crippen LogP contribution in [-0.2, 0) is 0 Å². The van der Waals surface area contributed by atoms with E-state index in [4.69, 9.17) is 0 Å². The van der Waals surface area contributed by atoms with Gasteiger partial charge in [0.1, 0.15) is 3.57 Å². The summed E-state index contributed by atoms with van der Waals surface area (Å²) in [5, 5.41) is 10.4. The largest absolute Gasteiger partial charge is 0.494 e. The van der Waals surface area contributed by atoms with Crippen LogP contribution in [0.5, 0.6) is 5.75 Å². The zero-order valence-corrected chi connectivity index (χ0v) is 8.74. The van der Waals surface area contributed by atoms with E-state index in [0.29, 0.717) is 0 Å². The third-order valence-corrected chi connectivity index (χ3v) is 2.47. The SMILES string of the molecule is COc1ccc([N+](=O)[O-])c(I)c1F. The van der Waals surface area contributed by atoms with E-state index in [1.807, 2.05) is 0 Å². The Labute approximate surface area is 87.0 Å². The second kappa shape index (κ2) is 3.86. The number of benzene rings is 1. The lowest BCUT2D eigenvalue weighted by atomic mass is 10.3. The van der Waals surface area contributed by atoms with Gasteiger partial charge in [0.15, 0.2) is 11.6 Å². The van der Waals surface area contributed by atoms with E-state index < -0.39 is 10.7 Å². The lowest BCUT2D eigenvalue weighted by molar-refractivity contribution is -0.386. The number of hydrogen-bond acceptors (Lipinski definition) is 3. The normalized spacial score (nSPS) is 9.77. The molecule has 0 unspecified atom stereocenters. The predicted molar refractivity (Wildman–Crippen MR) is 52.3 cm³/mol. The third kappa shape index (κ3) is 1.87. The molecule has 0 bridgehead atoms. The van der Waals surface area contributed by atoms with Gasteiger partial charge in [-0.25, -0.2) is 4.39 Å². The summed E-state index contributed by atoms with van der Waals surface area (Å²) in [5.41, 5.74) is -0.251. The average Bonchev–Trinajstić information content (AvgIpc) is 2.09. The van der Waals surface area contributed by atoms with Crippen molar-refractivity contribution in [3.8, 4) is 5.75 Å². The summed E-state index contributed by atoms with van der Waals surface area (Å²) >= 11 is 1.57. The maximum absolute atomic E-state index is 13.2. The van der Waals surface area contributed by atoms with Crippen LogP contribution in [-0.4, -0.2) is 12.0 Å². The first-order chi connectivity index (χ1) is 6.07. The van der Waals surface area contributed by atoms with Gasteiger partial charge < -0.3 is 4.74 Å². The van der Waals surface area contributed by atoms with E-state index in [2.05, 4.69) is 4.74 Å². The molecule has 0 radical (unpaired) electrons. The number of hydrogen-bond donors (Lipinski definition) is 0.